The molecule has 31 heavy (non-hydrogen) atoms. The van der Waals surface area contributed by atoms with Gasteiger partial charge in [-0.3, -0.25) is 19.7 Å². The van der Waals surface area contributed by atoms with Gasteiger partial charge in [-0.15, -0.1) is 0 Å². The van der Waals surface area contributed by atoms with Crippen molar-refractivity contribution in [2.75, 3.05) is 26.4 Å². The van der Waals surface area contributed by atoms with Gasteiger partial charge in [0.2, 0.25) is 0 Å². The topological polar surface area (TPSA) is 130 Å². The Bertz CT molecular complexity index is 1040. The highest BCUT2D eigenvalue weighted by molar-refractivity contribution is 9.10. The van der Waals surface area contributed by atoms with Crippen molar-refractivity contribution in [3.8, 4) is 0 Å². The SMILES string of the molecule is O=C1C(=O)N(CCOCCO)[C@@H](c2ccc(Br)cc2)C1=C(O)c1cccc([N+](=O)[O-])c1. The lowest BCUT2D eigenvalue weighted by atomic mass is 9.95. The maximum absolute atomic E-state index is 12.9. The highest BCUT2D eigenvalue weighted by Gasteiger charge is 2.45. The van der Waals surface area contributed by atoms with E-state index in [-0.39, 0.29) is 43.2 Å². The van der Waals surface area contributed by atoms with Crippen LogP contribution in [0, 0.1) is 10.1 Å². The van der Waals surface area contributed by atoms with Gasteiger partial charge < -0.3 is 19.8 Å². The van der Waals surface area contributed by atoms with Gasteiger partial charge >= 0.3 is 0 Å². The molecular formula is C21H19BrN2O7. The van der Waals surface area contributed by atoms with Crippen LogP contribution in [0.15, 0.2) is 58.6 Å². The fraction of sp³-hybridized carbons (Fsp3) is 0.238. The Hall–Kier alpha value is -3.08. The standard InChI is InChI=1S/C21H19BrN2O7/c22-15-6-4-13(5-7-15)18-17(19(26)14-2-1-3-16(12-14)24(29)30)20(27)21(28)23(18)8-10-31-11-9-25/h1-7,12,18,25-26H,8-11H2/t18-/m0/s1. The van der Waals surface area contributed by atoms with E-state index in [1.807, 2.05) is 0 Å². The van der Waals surface area contributed by atoms with Crippen LogP contribution in [0.25, 0.3) is 5.76 Å². The van der Waals surface area contributed by atoms with Crippen LogP contribution in [0.1, 0.15) is 17.2 Å². The van der Waals surface area contributed by atoms with Crippen LogP contribution in [-0.2, 0) is 14.3 Å². The highest BCUT2D eigenvalue weighted by Crippen LogP contribution is 2.39. The summed E-state index contributed by atoms with van der Waals surface area (Å²) >= 11 is 3.34. The molecule has 3 rings (SSSR count). The first-order valence-corrected chi connectivity index (χ1v) is 10.1. The Morgan fingerprint density at radius 1 is 1.16 bits per heavy atom. The summed E-state index contributed by atoms with van der Waals surface area (Å²) < 4.78 is 6.03. The van der Waals surface area contributed by atoms with Crippen LogP contribution < -0.4 is 0 Å². The Balaban J connectivity index is 2.09. The summed E-state index contributed by atoms with van der Waals surface area (Å²) in [5.74, 6) is -2.19. The first-order chi connectivity index (χ1) is 14.8. The summed E-state index contributed by atoms with van der Waals surface area (Å²) in [5, 5.41) is 30.9. The Morgan fingerprint density at radius 3 is 2.52 bits per heavy atom. The fourth-order valence-electron chi connectivity index (χ4n) is 3.35. The third kappa shape index (κ3) is 4.82. The molecule has 1 saturated heterocycles. The number of ketones is 1. The summed E-state index contributed by atoms with van der Waals surface area (Å²) in [6.07, 6.45) is 0. The largest absolute Gasteiger partial charge is 0.507 e. The van der Waals surface area contributed by atoms with E-state index in [9.17, 15) is 24.8 Å². The number of likely N-dealkylation sites (tertiary alicyclic amines) is 1. The number of hydrogen-bond acceptors (Lipinski definition) is 7. The minimum absolute atomic E-state index is 0.0526. The van der Waals surface area contributed by atoms with Crippen LogP contribution in [-0.4, -0.2) is 58.1 Å². The van der Waals surface area contributed by atoms with Gasteiger partial charge in [-0.2, -0.15) is 0 Å². The molecule has 1 heterocycles. The smallest absolute Gasteiger partial charge is 0.295 e. The molecule has 1 aliphatic heterocycles. The summed E-state index contributed by atoms with van der Waals surface area (Å²) in [4.78, 5) is 37.4. The lowest BCUT2D eigenvalue weighted by molar-refractivity contribution is -0.384. The van der Waals surface area contributed by atoms with E-state index < -0.39 is 28.4 Å². The normalized spacial score (nSPS) is 17.9. The van der Waals surface area contributed by atoms with E-state index >= 15 is 0 Å². The van der Waals surface area contributed by atoms with Crippen molar-refractivity contribution < 1.29 is 29.5 Å². The number of nitro groups is 1. The number of non-ortho nitro benzene ring substituents is 1. The molecule has 0 bridgehead atoms. The van der Waals surface area contributed by atoms with Crippen molar-refractivity contribution >= 4 is 39.1 Å². The van der Waals surface area contributed by atoms with Crippen molar-refractivity contribution in [2.24, 2.45) is 0 Å². The lowest BCUT2D eigenvalue weighted by Crippen LogP contribution is -2.33. The van der Waals surface area contributed by atoms with Crippen LogP contribution in [0.5, 0.6) is 0 Å². The van der Waals surface area contributed by atoms with Gasteiger partial charge in [-0.05, 0) is 17.7 Å². The Morgan fingerprint density at radius 2 is 1.87 bits per heavy atom. The summed E-state index contributed by atoms with van der Waals surface area (Å²) in [5.41, 5.74) is 0.230. The number of nitrogens with zero attached hydrogens (tertiary/aromatic N) is 2. The number of carbonyl (C=O) groups excluding carboxylic acids is 2. The third-order valence-corrected chi connectivity index (χ3v) is 5.30. The first-order valence-electron chi connectivity index (χ1n) is 9.32. The fourth-order valence-corrected chi connectivity index (χ4v) is 3.62. The average molecular weight is 491 g/mol. The molecule has 1 fully saturated rings. The van der Waals surface area contributed by atoms with Crippen LogP contribution in [0.4, 0.5) is 5.69 Å². The van der Waals surface area contributed by atoms with E-state index in [2.05, 4.69) is 15.9 Å². The maximum atomic E-state index is 12.9. The molecule has 9 nitrogen and oxygen atoms in total. The Kier molecular flexibility index (Phi) is 7.16. The van der Waals surface area contributed by atoms with Gasteiger partial charge in [-0.1, -0.05) is 40.2 Å². The number of halogens is 1. The minimum atomic E-state index is -0.898. The molecule has 0 radical (unpaired) electrons. The summed E-state index contributed by atoms with van der Waals surface area (Å²) in [6.45, 7) is 0.0385. The molecule has 2 aromatic carbocycles. The van der Waals surface area contributed by atoms with E-state index in [0.29, 0.717) is 5.56 Å². The van der Waals surface area contributed by atoms with Crippen LogP contribution in [0.3, 0.4) is 0 Å². The molecule has 0 spiro atoms. The van der Waals surface area contributed by atoms with E-state index in [1.165, 1.54) is 23.1 Å². The van der Waals surface area contributed by atoms with E-state index in [1.54, 1.807) is 24.3 Å². The first kappa shape index (κ1) is 22.6. The molecule has 0 aliphatic carbocycles. The second-order valence-corrected chi connectivity index (χ2v) is 7.60. The number of benzene rings is 2. The van der Waals surface area contributed by atoms with Crippen molar-refractivity contribution in [2.45, 2.75) is 6.04 Å². The third-order valence-electron chi connectivity index (χ3n) is 4.77. The van der Waals surface area contributed by atoms with Gasteiger partial charge in [0.1, 0.15) is 5.76 Å². The molecule has 162 valence electrons. The zero-order valence-electron chi connectivity index (χ0n) is 16.2. The predicted molar refractivity (Wildman–Crippen MR) is 114 cm³/mol. The zero-order chi connectivity index (χ0) is 22.5. The second-order valence-electron chi connectivity index (χ2n) is 6.69. The van der Waals surface area contributed by atoms with Crippen LogP contribution >= 0.6 is 15.9 Å². The van der Waals surface area contributed by atoms with Gasteiger partial charge in [0, 0.05) is 28.7 Å². The number of nitro benzene ring substituents is 1. The number of ether oxygens (including phenoxy) is 1. The molecule has 1 aliphatic rings. The number of amides is 1. The van der Waals surface area contributed by atoms with Crippen molar-refractivity contribution in [3.05, 3.63) is 79.8 Å². The summed E-state index contributed by atoms with van der Waals surface area (Å²) in [6, 6.07) is 11.2. The minimum Gasteiger partial charge on any atom is -0.507 e. The molecule has 0 saturated carbocycles. The zero-order valence-corrected chi connectivity index (χ0v) is 17.8. The monoisotopic (exact) mass is 490 g/mol. The number of aliphatic hydroxyl groups is 2. The number of Topliss-reactive ketones (excluding diaryl/α,β-unsaturated/α-hetero) is 1. The molecule has 10 heteroatoms. The maximum Gasteiger partial charge on any atom is 0.295 e. The second kappa shape index (κ2) is 9.82. The molecule has 2 N–H and O–H groups in total. The molecule has 1 atom stereocenters. The average Bonchev–Trinajstić information content (AvgIpc) is 3.01. The van der Waals surface area contributed by atoms with Gasteiger partial charge in [-0.25, -0.2) is 0 Å². The van der Waals surface area contributed by atoms with Gasteiger partial charge in [0.25, 0.3) is 17.4 Å². The van der Waals surface area contributed by atoms with Crippen molar-refractivity contribution in [1.29, 1.82) is 0 Å². The highest BCUT2D eigenvalue weighted by atomic mass is 79.9. The molecule has 2 aromatic rings. The molecule has 1 amide bonds. The van der Waals surface area contributed by atoms with Crippen molar-refractivity contribution in [3.63, 3.8) is 0 Å². The van der Waals surface area contributed by atoms with Crippen LogP contribution in [0.2, 0.25) is 0 Å². The quantitative estimate of drug-likeness (QED) is 0.145. The Labute approximate surface area is 185 Å². The molecular weight excluding hydrogens is 472 g/mol. The number of hydrogen-bond donors (Lipinski definition) is 2. The van der Waals surface area contributed by atoms with Crippen molar-refractivity contribution in [1.82, 2.24) is 4.90 Å². The number of carbonyl (C=O) groups is 2. The van der Waals surface area contributed by atoms with E-state index in [0.717, 1.165) is 10.5 Å². The van der Waals surface area contributed by atoms with Gasteiger partial charge in [0.05, 0.1) is 36.4 Å². The number of rotatable bonds is 8. The molecule has 0 unspecified atom stereocenters. The van der Waals surface area contributed by atoms with Gasteiger partial charge in [0.15, 0.2) is 0 Å². The van der Waals surface area contributed by atoms with E-state index in [4.69, 9.17) is 9.84 Å². The lowest BCUT2D eigenvalue weighted by Gasteiger charge is -2.25. The number of aliphatic hydroxyl groups excluding tert-OH is 2. The molecule has 0 aromatic heterocycles. The summed E-state index contributed by atoms with van der Waals surface area (Å²) in [7, 11) is 0. The predicted octanol–water partition coefficient (Wildman–Crippen LogP) is 2.79.